The topological polar surface area (TPSA) is 44.5 Å². The minimum absolute atomic E-state index is 0.177. The predicted octanol–water partition coefficient (Wildman–Crippen LogP) is 2.34. The second-order valence-corrected chi connectivity index (χ2v) is 4.68. The van der Waals surface area contributed by atoms with E-state index in [1.54, 1.807) is 0 Å². The first-order valence-corrected chi connectivity index (χ1v) is 6.76. The van der Waals surface area contributed by atoms with E-state index in [4.69, 9.17) is 15.2 Å². The molecule has 1 atom stereocenters. The molecule has 0 aromatic heterocycles. The van der Waals surface area contributed by atoms with E-state index in [0.29, 0.717) is 6.54 Å². The van der Waals surface area contributed by atoms with E-state index >= 15 is 0 Å². The van der Waals surface area contributed by atoms with Crippen LogP contribution in [-0.2, 0) is 9.47 Å². The summed E-state index contributed by atoms with van der Waals surface area (Å²) in [6.45, 7) is 5.07. The first-order valence-electron chi connectivity index (χ1n) is 6.76. The van der Waals surface area contributed by atoms with Crippen LogP contribution in [-0.4, -0.2) is 32.5 Å². The number of hydrogen-bond donors (Lipinski definition) is 1. The monoisotopic (exact) mass is 229 g/mol. The van der Waals surface area contributed by atoms with Crippen molar-refractivity contribution < 1.29 is 9.47 Å². The lowest BCUT2D eigenvalue weighted by Crippen LogP contribution is -2.26. The van der Waals surface area contributed by atoms with E-state index in [0.717, 1.165) is 32.2 Å². The van der Waals surface area contributed by atoms with Gasteiger partial charge in [0, 0.05) is 26.4 Å². The number of ether oxygens (including phenoxy) is 2. The van der Waals surface area contributed by atoms with Gasteiger partial charge in [-0.2, -0.15) is 0 Å². The van der Waals surface area contributed by atoms with Gasteiger partial charge in [-0.15, -0.1) is 0 Å². The van der Waals surface area contributed by atoms with Crippen molar-refractivity contribution in [3.63, 3.8) is 0 Å². The molecule has 1 fully saturated rings. The Bertz CT molecular complexity index is 151. The van der Waals surface area contributed by atoms with Crippen molar-refractivity contribution in [3.05, 3.63) is 0 Å². The molecular formula is C13H27NO2. The molecule has 1 aliphatic carbocycles. The average Bonchev–Trinajstić information content (AvgIpc) is 2.34. The van der Waals surface area contributed by atoms with Gasteiger partial charge in [0.1, 0.15) is 0 Å². The van der Waals surface area contributed by atoms with Crippen LogP contribution in [0.5, 0.6) is 0 Å². The van der Waals surface area contributed by atoms with Gasteiger partial charge in [-0.05, 0) is 32.1 Å². The smallest absolute Gasteiger partial charge is 0.0719 e. The Kier molecular flexibility index (Phi) is 7.81. The molecule has 0 bridgehead atoms. The highest BCUT2D eigenvalue weighted by atomic mass is 16.5. The molecule has 0 saturated heterocycles. The van der Waals surface area contributed by atoms with Gasteiger partial charge < -0.3 is 15.2 Å². The van der Waals surface area contributed by atoms with E-state index < -0.39 is 0 Å². The molecule has 1 unspecified atom stereocenters. The summed E-state index contributed by atoms with van der Waals surface area (Å²) >= 11 is 0. The quantitative estimate of drug-likeness (QED) is 0.650. The summed E-state index contributed by atoms with van der Waals surface area (Å²) in [5, 5.41) is 0. The van der Waals surface area contributed by atoms with Crippen LogP contribution in [0, 0.1) is 5.92 Å². The Hall–Kier alpha value is -0.120. The average molecular weight is 229 g/mol. The van der Waals surface area contributed by atoms with Crippen LogP contribution in [0.3, 0.4) is 0 Å². The Morgan fingerprint density at radius 3 is 2.62 bits per heavy atom. The fourth-order valence-electron chi connectivity index (χ4n) is 2.32. The summed E-state index contributed by atoms with van der Waals surface area (Å²) in [5.41, 5.74) is 5.60. The normalized spacial score (nSPS) is 19.9. The summed E-state index contributed by atoms with van der Waals surface area (Å²) in [5.74, 6) is 0.803. The highest BCUT2D eigenvalue weighted by Crippen LogP contribution is 2.23. The van der Waals surface area contributed by atoms with Gasteiger partial charge >= 0.3 is 0 Å². The molecule has 0 aromatic carbocycles. The van der Waals surface area contributed by atoms with Crippen LogP contribution in [0.1, 0.15) is 45.4 Å². The van der Waals surface area contributed by atoms with Crippen molar-refractivity contribution in [2.75, 3.05) is 26.4 Å². The van der Waals surface area contributed by atoms with Gasteiger partial charge in [0.25, 0.3) is 0 Å². The fraction of sp³-hybridized carbons (Fsp3) is 1.00. The molecule has 0 spiro atoms. The molecule has 96 valence electrons. The van der Waals surface area contributed by atoms with Crippen LogP contribution < -0.4 is 5.73 Å². The van der Waals surface area contributed by atoms with Gasteiger partial charge in [0.15, 0.2) is 0 Å². The zero-order valence-corrected chi connectivity index (χ0v) is 10.6. The van der Waals surface area contributed by atoms with Crippen LogP contribution in [0.4, 0.5) is 0 Å². The molecule has 1 rings (SSSR count). The minimum Gasteiger partial charge on any atom is -0.381 e. The zero-order valence-electron chi connectivity index (χ0n) is 10.6. The van der Waals surface area contributed by atoms with E-state index in [2.05, 4.69) is 0 Å². The maximum atomic E-state index is 5.72. The van der Waals surface area contributed by atoms with Gasteiger partial charge in [-0.1, -0.05) is 19.3 Å². The third-order valence-corrected chi connectivity index (χ3v) is 3.33. The molecule has 16 heavy (non-hydrogen) atoms. The molecule has 3 heteroatoms. The van der Waals surface area contributed by atoms with Crippen LogP contribution >= 0.6 is 0 Å². The molecule has 0 radical (unpaired) electrons. The van der Waals surface area contributed by atoms with E-state index in [1.807, 2.05) is 6.92 Å². The standard InChI is InChI=1S/C13H27NO2/c1-2-16-13(10-14)8-9-15-11-12-6-4-3-5-7-12/h12-13H,2-11,14H2,1H3. The predicted molar refractivity (Wildman–Crippen MR) is 66.5 cm³/mol. The molecule has 0 aliphatic heterocycles. The van der Waals surface area contributed by atoms with Gasteiger partial charge in [0.2, 0.25) is 0 Å². The van der Waals surface area contributed by atoms with Gasteiger partial charge in [-0.3, -0.25) is 0 Å². The summed E-state index contributed by atoms with van der Waals surface area (Å²) in [6, 6.07) is 0. The Morgan fingerprint density at radius 2 is 2.00 bits per heavy atom. The van der Waals surface area contributed by atoms with Crippen molar-refractivity contribution in [2.24, 2.45) is 11.7 Å². The maximum absolute atomic E-state index is 5.72. The molecule has 1 aliphatic rings. The SMILES string of the molecule is CCOC(CN)CCOCC1CCCCC1. The molecular weight excluding hydrogens is 202 g/mol. The van der Waals surface area contributed by atoms with Gasteiger partial charge in [0.05, 0.1) is 6.10 Å². The Labute approximate surface area is 99.7 Å². The zero-order chi connectivity index (χ0) is 11.6. The maximum Gasteiger partial charge on any atom is 0.0719 e. The van der Waals surface area contributed by atoms with Crippen LogP contribution in [0.2, 0.25) is 0 Å². The lowest BCUT2D eigenvalue weighted by molar-refractivity contribution is 0.0218. The number of nitrogens with two attached hydrogens (primary N) is 1. The van der Waals surface area contributed by atoms with Crippen molar-refractivity contribution in [3.8, 4) is 0 Å². The summed E-state index contributed by atoms with van der Waals surface area (Å²) in [4.78, 5) is 0. The first kappa shape index (κ1) is 13.9. The van der Waals surface area contributed by atoms with Crippen molar-refractivity contribution >= 4 is 0 Å². The second kappa shape index (κ2) is 8.97. The summed E-state index contributed by atoms with van der Waals surface area (Å²) in [7, 11) is 0. The molecule has 3 nitrogen and oxygen atoms in total. The van der Waals surface area contributed by atoms with Crippen molar-refractivity contribution in [1.82, 2.24) is 0 Å². The lowest BCUT2D eigenvalue weighted by Gasteiger charge is -2.22. The van der Waals surface area contributed by atoms with Crippen molar-refractivity contribution in [2.45, 2.75) is 51.6 Å². The van der Waals surface area contributed by atoms with E-state index in [-0.39, 0.29) is 6.10 Å². The second-order valence-electron chi connectivity index (χ2n) is 4.68. The number of rotatable bonds is 8. The lowest BCUT2D eigenvalue weighted by atomic mass is 9.90. The largest absolute Gasteiger partial charge is 0.381 e. The molecule has 0 aromatic rings. The molecule has 0 heterocycles. The van der Waals surface area contributed by atoms with Crippen LogP contribution in [0.15, 0.2) is 0 Å². The summed E-state index contributed by atoms with van der Waals surface area (Å²) < 4.78 is 11.2. The highest BCUT2D eigenvalue weighted by Gasteiger charge is 2.13. The van der Waals surface area contributed by atoms with Gasteiger partial charge in [-0.25, -0.2) is 0 Å². The van der Waals surface area contributed by atoms with Crippen LogP contribution in [0.25, 0.3) is 0 Å². The molecule has 1 saturated carbocycles. The van der Waals surface area contributed by atoms with Crippen molar-refractivity contribution in [1.29, 1.82) is 0 Å². The molecule has 0 amide bonds. The third-order valence-electron chi connectivity index (χ3n) is 3.33. The minimum atomic E-state index is 0.177. The summed E-state index contributed by atoms with van der Waals surface area (Å²) in [6.07, 6.45) is 8.00. The third kappa shape index (κ3) is 5.83. The fourth-order valence-corrected chi connectivity index (χ4v) is 2.32. The molecule has 2 N–H and O–H groups in total. The number of hydrogen-bond acceptors (Lipinski definition) is 3. The highest BCUT2D eigenvalue weighted by molar-refractivity contribution is 4.65. The Balaban J connectivity index is 1.97. The first-order chi connectivity index (χ1) is 7.86. The van der Waals surface area contributed by atoms with E-state index in [1.165, 1.54) is 32.1 Å². The Morgan fingerprint density at radius 1 is 1.25 bits per heavy atom. The van der Waals surface area contributed by atoms with E-state index in [9.17, 15) is 0 Å².